The first-order chi connectivity index (χ1) is 10.2. The Labute approximate surface area is 121 Å². The summed E-state index contributed by atoms with van der Waals surface area (Å²) < 4.78 is 14.9. The van der Waals surface area contributed by atoms with Gasteiger partial charge in [-0.3, -0.25) is 4.98 Å². The normalized spacial score (nSPS) is 10.2. The molecule has 0 bridgehead atoms. The predicted octanol–water partition coefficient (Wildman–Crippen LogP) is 1.24. The number of hydrogen-bond donors (Lipinski definition) is 0. The van der Waals surface area contributed by atoms with Crippen molar-refractivity contribution in [3.8, 4) is 17.3 Å². The summed E-state index contributed by atoms with van der Waals surface area (Å²) in [5.74, 6) is 0.286. The Morgan fingerprint density at radius 2 is 1.95 bits per heavy atom. The molecule has 2 heterocycles. The van der Waals surface area contributed by atoms with Gasteiger partial charge in [-0.25, -0.2) is 9.78 Å². The second-order valence-corrected chi connectivity index (χ2v) is 4.05. The maximum atomic E-state index is 11.1. The van der Waals surface area contributed by atoms with Crippen molar-refractivity contribution in [2.24, 2.45) is 0 Å². The second-order valence-electron chi connectivity index (χ2n) is 4.05. The first-order valence-corrected chi connectivity index (χ1v) is 6.20. The molecule has 0 unspecified atom stereocenters. The van der Waals surface area contributed by atoms with Crippen LogP contribution >= 0.6 is 0 Å². The number of nitrogens with zero attached hydrogens (tertiary/aromatic N) is 3. The summed E-state index contributed by atoms with van der Waals surface area (Å²) >= 11 is 0. The van der Waals surface area contributed by atoms with Crippen LogP contribution < -0.4 is 4.74 Å². The highest BCUT2D eigenvalue weighted by Gasteiger charge is 2.09. The molecule has 110 valence electrons. The molecule has 2 aromatic heterocycles. The monoisotopic (exact) mass is 289 g/mol. The topological polar surface area (TPSA) is 83.4 Å². The molecular weight excluding hydrogens is 274 g/mol. The van der Waals surface area contributed by atoms with Gasteiger partial charge >= 0.3 is 5.97 Å². The van der Waals surface area contributed by atoms with Gasteiger partial charge in [0.1, 0.15) is 0 Å². The number of pyridine rings is 1. The van der Waals surface area contributed by atoms with Gasteiger partial charge in [0.25, 0.3) is 0 Å². The summed E-state index contributed by atoms with van der Waals surface area (Å²) in [6, 6.07) is 5.20. The number of rotatable bonds is 6. The SMILES string of the molecule is COCc1cc(OCC(=O)OC)nc(-c2ccncc2)n1. The summed E-state index contributed by atoms with van der Waals surface area (Å²) in [6.07, 6.45) is 3.30. The molecule has 0 saturated carbocycles. The van der Waals surface area contributed by atoms with Crippen molar-refractivity contribution in [3.63, 3.8) is 0 Å². The number of ether oxygens (including phenoxy) is 3. The third-order valence-corrected chi connectivity index (χ3v) is 2.55. The van der Waals surface area contributed by atoms with E-state index in [0.29, 0.717) is 18.1 Å². The van der Waals surface area contributed by atoms with Gasteiger partial charge in [-0.05, 0) is 12.1 Å². The molecule has 0 aliphatic rings. The fourth-order valence-electron chi connectivity index (χ4n) is 1.59. The zero-order chi connectivity index (χ0) is 15.1. The van der Waals surface area contributed by atoms with E-state index in [-0.39, 0.29) is 12.5 Å². The Balaban J connectivity index is 2.28. The minimum Gasteiger partial charge on any atom is -0.466 e. The van der Waals surface area contributed by atoms with Crippen LogP contribution in [0.1, 0.15) is 5.69 Å². The molecule has 21 heavy (non-hydrogen) atoms. The van der Waals surface area contributed by atoms with Crippen LogP contribution in [-0.2, 0) is 20.9 Å². The number of carbonyl (C=O) groups is 1. The standard InChI is InChI=1S/C14H15N3O4/c1-19-8-11-7-12(21-9-13(18)20-2)17-14(16-11)10-3-5-15-6-4-10/h3-7H,8-9H2,1-2H3. The Morgan fingerprint density at radius 3 is 2.62 bits per heavy atom. The summed E-state index contributed by atoms with van der Waals surface area (Å²) in [6.45, 7) is 0.102. The van der Waals surface area contributed by atoms with E-state index in [0.717, 1.165) is 5.56 Å². The van der Waals surface area contributed by atoms with E-state index in [4.69, 9.17) is 9.47 Å². The minimum absolute atomic E-state index is 0.213. The van der Waals surface area contributed by atoms with Crippen LogP contribution in [0.5, 0.6) is 5.88 Å². The van der Waals surface area contributed by atoms with Gasteiger partial charge in [0.05, 0.1) is 19.4 Å². The van der Waals surface area contributed by atoms with Crippen molar-refractivity contribution < 1.29 is 19.0 Å². The molecule has 0 saturated heterocycles. The Kier molecular flexibility index (Phi) is 5.16. The highest BCUT2D eigenvalue weighted by Crippen LogP contribution is 2.19. The predicted molar refractivity (Wildman–Crippen MR) is 73.5 cm³/mol. The molecule has 0 N–H and O–H groups in total. The molecule has 0 amide bonds. The largest absolute Gasteiger partial charge is 0.466 e. The number of carbonyl (C=O) groups excluding carboxylic acids is 1. The fraction of sp³-hybridized carbons (Fsp3) is 0.286. The molecule has 0 aliphatic heterocycles. The molecule has 0 spiro atoms. The quantitative estimate of drug-likeness (QED) is 0.740. The summed E-state index contributed by atoms with van der Waals surface area (Å²) in [4.78, 5) is 23.7. The van der Waals surface area contributed by atoms with Crippen LogP contribution in [-0.4, -0.2) is 41.7 Å². The third-order valence-electron chi connectivity index (χ3n) is 2.55. The van der Waals surface area contributed by atoms with E-state index in [9.17, 15) is 4.79 Å². The van der Waals surface area contributed by atoms with E-state index in [2.05, 4.69) is 19.7 Å². The van der Waals surface area contributed by atoms with Gasteiger partial charge < -0.3 is 14.2 Å². The maximum Gasteiger partial charge on any atom is 0.343 e. The minimum atomic E-state index is -0.479. The molecule has 2 rings (SSSR count). The number of aromatic nitrogens is 3. The van der Waals surface area contributed by atoms with Crippen molar-refractivity contribution in [2.75, 3.05) is 20.8 Å². The zero-order valence-corrected chi connectivity index (χ0v) is 11.8. The molecule has 0 radical (unpaired) electrons. The van der Waals surface area contributed by atoms with Crippen LogP contribution in [0, 0.1) is 0 Å². The van der Waals surface area contributed by atoms with Gasteiger partial charge in [0.15, 0.2) is 12.4 Å². The molecule has 0 fully saturated rings. The molecule has 0 aliphatic carbocycles. The third kappa shape index (κ3) is 4.22. The van der Waals surface area contributed by atoms with E-state index in [1.165, 1.54) is 7.11 Å². The average molecular weight is 289 g/mol. The van der Waals surface area contributed by atoms with Crippen LogP contribution in [0.15, 0.2) is 30.6 Å². The van der Waals surface area contributed by atoms with Crippen molar-refractivity contribution in [2.45, 2.75) is 6.61 Å². The van der Waals surface area contributed by atoms with Crippen molar-refractivity contribution in [1.82, 2.24) is 15.0 Å². The molecule has 0 atom stereocenters. The van der Waals surface area contributed by atoms with E-state index in [1.807, 2.05) is 0 Å². The first-order valence-electron chi connectivity index (χ1n) is 6.20. The summed E-state index contributed by atoms with van der Waals surface area (Å²) in [5, 5.41) is 0. The van der Waals surface area contributed by atoms with E-state index in [1.54, 1.807) is 37.7 Å². The maximum absolute atomic E-state index is 11.1. The second kappa shape index (κ2) is 7.30. The molecular formula is C14H15N3O4. The van der Waals surface area contributed by atoms with Crippen molar-refractivity contribution >= 4 is 5.97 Å². The van der Waals surface area contributed by atoms with Crippen LogP contribution in [0.4, 0.5) is 0 Å². The molecule has 2 aromatic rings. The Morgan fingerprint density at radius 1 is 1.19 bits per heavy atom. The summed E-state index contributed by atoms with van der Waals surface area (Å²) in [5.41, 5.74) is 1.45. The lowest BCUT2D eigenvalue weighted by Gasteiger charge is -2.08. The number of esters is 1. The van der Waals surface area contributed by atoms with Gasteiger partial charge in [-0.1, -0.05) is 0 Å². The lowest BCUT2D eigenvalue weighted by Crippen LogP contribution is -2.14. The van der Waals surface area contributed by atoms with Gasteiger partial charge in [0, 0.05) is 31.1 Å². The number of methoxy groups -OCH3 is 2. The molecule has 7 nitrogen and oxygen atoms in total. The molecule has 7 heteroatoms. The van der Waals surface area contributed by atoms with Crippen LogP contribution in [0.25, 0.3) is 11.4 Å². The van der Waals surface area contributed by atoms with Crippen LogP contribution in [0.2, 0.25) is 0 Å². The number of hydrogen-bond acceptors (Lipinski definition) is 7. The Hall–Kier alpha value is -2.54. The molecule has 0 aromatic carbocycles. The lowest BCUT2D eigenvalue weighted by molar-refractivity contribution is -0.143. The van der Waals surface area contributed by atoms with Crippen molar-refractivity contribution in [3.05, 3.63) is 36.3 Å². The highest BCUT2D eigenvalue weighted by atomic mass is 16.6. The summed E-state index contributed by atoms with van der Waals surface area (Å²) in [7, 11) is 2.87. The average Bonchev–Trinajstić information content (AvgIpc) is 2.53. The van der Waals surface area contributed by atoms with Gasteiger partial charge in [-0.2, -0.15) is 4.98 Å². The van der Waals surface area contributed by atoms with Gasteiger partial charge in [-0.15, -0.1) is 0 Å². The zero-order valence-electron chi connectivity index (χ0n) is 11.8. The fourth-order valence-corrected chi connectivity index (χ4v) is 1.59. The highest BCUT2D eigenvalue weighted by molar-refractivity contribution is 5.70. The van der Waals surface area contributed by atoms with Gasteiger partial charge in [0.2, 0.25) is 5.88 Å². The smallest absolute Gasteiger partial charge is 0.343 e. The van der Waals surface area contributed by atoms with E-state index < -0.39 is 5.97 Å². The Bertz CT molecular complexity index is 604. The first kappa shape index (κ1) is 14.9. The van der Waals surface area contributed by atoms with Crippen LogP contribution in [0.3, 0.4) is 0 Å². The van der Waals surface area contributed by atoms with E-state index >= 15 is 0 Å². The van der Waals surface area contributed by atoms with Crippen molar-refractivity contribution in [1.29, 1.82) is 0 Å². The lowest BCUT2D eigenvalue weighted by atomic mass is 10.2.